The predicted octanol–water partition coefficient (Wildman–Crippen LogP) is 3.40. The normalized spacial score (nSPS) is 13.3. The van der Waals surface area contributed by atoms with E-state index in [1.165, 1.54) is 0 Å². The summed E-state index contributed by atoms with van der Waals surface area (Å²) >= 11 is 3.40. The molecule has 1 aromatic rings. The van der Waals surface area contributed by atoms with Gasteiger partial charge in [-0.1, -0.05) is 28.1 Å². The molecule has 0 aliphatic carbocycles. The molecule has 0 heterocycles. The maximum atomic E-state index is 9.11. The molecule has 0 fully saturated rings. The first-order chi connectivity index (χ1) is 6.92. The van der Waals surface area contributed by atoms with Crippen molar-refractivity contribution < 1.29 is 0 Å². The highest BCUT2D eigenvalue weighted by Gasteiger charge is 2.18. The Hall–Kier alpha value is -0.850. The summed E-state index contributed by atoms with van der Waals surface area (Å²) in [4.78, 5) is 0. The van der Waals surface area contributed by atoms with Crippen molar-refractivity contribution >= 4 is 15.9 Å². The third kappa shape index (κ3) is 4.03. The Kier molecular flexibility index (Phi) is 3.90. The lowest BCUT2D eigenvalue weighted by Gasteiger charge is -2.24. The third-order valence-corrected chi connectivity index (χ3v) is 2.38. The summed E-state index contributed by atoms with van der Waals surface area (Å²) in [6, 6.07) is 9.82. The van der Waals surface area contributed by atoms with E-state index in [-0.39, 0.29) is 11.6 Å². The molecule has 15 heavy (non-hydrogen) atoms. The lowest BCUT2D eigenvalue weighted by Crippen LogP contribution is -2.38. The zero-order chi connectivity index (χ0) is 11.5. The van der Waals surface area contributed by atoms with Gasteiger partial charge in [0.25, 0.3) is 0 Å². The van der Waals surface area contributed by atoms with Gasteiger partial charge in [0, 0.05) is 10.0 Å². The molecule has 3 heteroatoms. The van der Waals surface area contributed by atoms with Gasteiger partial charge in [0.05, 0.1) is 6.07 Å². The van der Waals surface area contributed by atoms with E-state index in [1.54, 1.807) is 0 Å². The molecule has 1 rings (SSSR count). The van der Waals surface area contributed by atoms with Crippen LogP contribution in [0.2, 0.25) is 0 Å². The van der Waals surface area contributed by atoms with Crippen molar-refractivity contribution in [1.82, 2.24) is 5.32 Å². The number of hydrogen-bond donors (Lipinski definition) is 1. The SMILES string of the molecule is CC(C)(C)NC(C#N)c1cccc(Br)c1. The standard InChI is InChI=1S/C12H15BrN2/c1-12(2,3)15-11(8-14)9-5-4-6-10(13)7-9/h4-7,11,15H,1-3H3. The van der Waals surface area contributed by atoms with Crippen molar-refractivity contribution in [1.29, 1.82) is 5.26 Å². The highest BCUT2D eigenvalue weighted by Crippen LogP contribution is 2.19. The topological polar surface area (TPSA) is 35.8 Å². The van der Waals surface area contributed by atoms with Gasteiger partial charge in [0.15, 0.2) is 0 Å². The molecule has 0 saturated carbocycles. The van der Waals surface area contributed by atoms with Gasteiger partial charge in [-0.05, 0) is 38.5 Å². The van der Waals surface area contributed by atoms with Gasteiger partial charge in [0.2, 0.25) is 0 Å². The Bertz CT molecular complexity index is 374. The molecule has 2 nitrogen and oxygen atoms in total. The largest absolute Gasteiger partial charge is 0.293 e. The van der Waals surface area contributed by atoms with E-state index >= 15 is 0 Å². The van der Waals surface area contributed by atoms with E-state index in [1.807, 2.05) is 24.3 Å². The average molecular weight is 267 g/mol. The molecule has 0 aliphatic heterocycles. The summed E-state index contributed by atoms with van der Waals surface area (Å²) in [5.41, 5.74) is 0.921. The number of rotatable bonds is 2. The summed E-state index contributed by atoms with van der Waals surface area (Å²) in [6.07, 6.45) is 0. The fourth-order valence-corrected chi connectivity index (χ4v) is 1.73. The monoisotopic (exact) mass is 266 g/mol. The number of benzene rings is 1. The molecule has 1 N–H and O–H groups in total. The van der Waals surface area contributed by atoms with Crippen LogP contribution in [0, 0.1) is 11.3 Å². The lowest BCUT2D eigenvalue weighted by atomic mass is 10.0. The molecular formula is C12H15BrN2. The van der Waals surface area contributed by atoms with Crippen LogP contribution >= 0.6 is 15.9 Å². The third-order valence-electron chi connectivity index (χ3n) is 1.89. The van der Waals surface area contributed by atoms with Gasteiger partial charge < -0.3 is 0 Å². The van der Waals surface area contributed by atoms with Crippen molar-refractivity contribution in [3.05, 3.63) is 34.3 Å². The van der Waals surface area contributed by atoms with Crippen LogP contribution in [0.4, 0.5) is 0 Å². The number of nitriles is 1. The Labute approximate surface area is 99.4 Å². The van der Waals surface area contributed by atoms with Crippen LogP contribution in [0.15, 0.2) is 28.7 Å². The van der Waals surface area contributed by atoms with Crippen LogP contribution in [-0.4, -0.2) is 5.54 Å². The fourth-order valence-electron chi connectivity index (χ4n) is 1.31. The molecule has 0 saturated heterocycles. The second-order valence-corrected chi connectivity index (χ2v) is 5.43. The average Bonchev–Trinajstić information content (AvgIpc) is 2.13. The van der Waals surface area contributed by atoms with Crippen molar-refractivity contribution in [2.24, 2.45) is 0 Å². The predicted molar refractivity (Wildman–Crippen MR) is 65.4 cm³/mol. The van der Waals surface area contributed by atoms with Crippen LogP contribution in [0.3, 0.4) is 0 Å². The zero-order valence-corrected chi connectivity index (χ0v) is 10.8. The molecule has 0 aliphatic rings. The molecule has 0 bridgehead atoms. The molecule has 0 amide bonds. The van der Waals surface area contributed by atoms with Gasteiger partial charge in [0.1, 0.15) is 6.04 Å². The molecular weight excluding hydrogens is 252 g/mol. The minimum atomic E-state index is -0.262. The molecule has 1 unspecified atom stereocenters. The zero-order valence-electron chi connectivity index (χ0n) is 9.21. The van der Waals surface area contributed by atoms with Gasteiger partial charge >= 0.3 is 0 Å². The number of nitrogens with one attached hydrogen (secondary N) is 1. The van der Waals surface area contributed by atoms with Crippen molar-refractivity contribution in [2.45, 2.75) is 32.4 Å². The Morgan fingerprint density at radius 3 is 2.53 bits per heavy atom. The maximum Gasteiger partial charge on any atom is 0.121 e. The van der Waals surface area contributed by atoms with Crippen LogP contribution in [-0.2, 0) is 0 Å². The van der Waals surface area contributed by atoms with E-state index in [0.717, 1.165) is 10.0 Å². The van der Waals surface area contributed by atoms with E-state index in [9.17, 15) is 0 Å². The number of halogens is 1. The summed E-state index contributed by atoms with van der Waals surface area (Å²) in [7, 11) is 0. The second kappa shape index (κ2) is 4.78. The first-order valence-electron chi connectivity index (χ1n) is 4.85. The van der Waals surface area contributed by atoms with Crippen molar-refractivity contribution in [2.75, 3.05) is 0 Å². The Morgan fingerprint density at radius 1 is 1.40 bits per heavy atom. The first-order valence-corrected chi connectivity index (χ1v) is 5.64. The Balaban J connectivity index is 2.90. The number of hydrogen-bond acceptors (Lipinski definition) is 2. The second-order valence-electron chi connectivity index (χ2n) is 4.51. The van der Waals surface area contributed by atoms with Gasteiger partial charge in [-0.25, -0.2) is 0 Å². The summed E-state index contributed by atoms with van der Waals surface area (Å²) in [6.45, 7) is 6.15. The molecule has 0 spiro atoms. The van der Waals surface area contributed by atoms with Crippen molar-refractivity contribution in [3.63, 3.8) is 0 Å². The molecule has 80 valence electrons. The molecule has 0 radical (unpaired) electrons. The molecule has 1 atom stereocenters. The van der Waals surface area contributed by atoms with Gasteiger partial charge in [-0.3, -0.25) is 5.32 Å². The highest BCUT2D eigenvalue weighted by atomic mass is 79.9. The first kappa shape index (κ1) is 12.2. The summed E-state index contributed by atoms with van der Waals surface area (Å²) in [5.74, 6) is 0. The van der Waals surface area contributed by atoms with Crippen LogP contribution in [0.5, 0.6) is 0 Å². The minimum Gasteiger partial charge on any atom is -0.293 e. The van der Waals surface area contributed by atoms with Gasteiger partial charge in [-0.15, -0.1) is 0 Å². The molecule has 0 aromatic heterocycles. The minimum absolute atomic E-state index is 0.0668. The fraction of sp³-hybridized carbons (Fsp3) is 0.417. The number of nitrogens with zero attached hydrogens (tertiary/aromatic N) is 1. The summed E-state index contributed by atoms with van der Waals surface area (Å²) in [5, 5.41) is 12.4. The van der Waals surface area contributed by atoms with E-state index in [4.69, 9.17) is 5.26 Å². The highest BCUT2D eigenvalue weighted by molar-refractivity contribution is 9.10. The van der Waals surface area contributed by atoms with Crippen LogP contribution in [0.1, 0.15) is 32.4 Å². The van der Waals surface area contributed by atoms with Crippen LogP contribution in [0.25, 0.3) is 0 Å². The van der Waals surface area contributed by atoms with Gasteiger partial charge in [-0.2, -0.15) is 5.26 Å². The maximum absolute atomic E-state index is 9.11. The smallest absolute Gasteiger partial charge is 0.121 e. The lowest BCUT2D eigenvalue weighted by molar-refractivity contribution is 0.400. The van der Waals surface area contributed by atoms with E-state index in [0.29, 0.717) is 0 Å². The van der Waals surface area contributed by atoms with E-state index < -0.39 is 0 Å². The Morgan fingerprint density at radius 2 is 2.07 bits per heavy atom. The van der Waals surface area contributed by atoms with Crippen LogP contribution < -0.4 is 5.32 Å². The summed E-state index contributed by atoms with van der Waals surface area (Å²) < 4.78 is 0.996. The van der Waals surface area contributed by atoms with E-state index in [2.05, 4.69) is 48.1 Å². The molecule has 1 aromatic carbocycles. The van der Waals surface area contributed by atoms with Crippen molar-refractivity contribution in [3.8, 4) is 6.07 Å². The quantitative estimate of drug-likeness (QED) is 0.891.